The second-order valence-electron chi connectivity index (χ2n) is 4.79. The minimum atomic E-state index is -0.600. The molecule has 2 rings (SSSR count). The normalized spacial score (nSPS) is 37.0. The van der Waals surface area contributed by atoms with Crippen LogP contribution in [0, 0.1) is 11.3 Å². The molecule has 0 bridgehead atoms. The Balaban J connectivity index is 2.30. The van der Waals surface area contributed by atoms with Crippen LogP contribution in [0.5, 0.6) is 0 Å². The predicted molar refractivity (Wildman–Crippen MR) is 59.7 cm³/mol. The van der Waals surface area contributed by atoms with Crippen molar-refractivity contribution < 1.29 is 14.3 Å². The standard InChI is InChI=1S/C13H16O3/c1-9(14)16-12-10-5-3-4-7-13(10,2)8-6-11(12)15/h3-4,6,8,10,12H,5,7H2,1-2H3/t10-,12-,13-/m1/s1. The lowest BCUT2D eigenvalue weighted by Gasteiger charge is -2.42. The summed E-state index contributed by atoms with van der Waals surface area (Å²) in [4.78, 5) is 22.8. The van der Waals surface area contributed by atoms with Crippen LogP contribution in [0.25, 0.3) is 0 Å². The molecule has 0 aromatic rings. The van der Waals surface area contributed by atoms with Gasteiger partial charge in [0.1, 0.15) is 0 Å². The largest absolute Gasteiger partial charge is 0.454 e. The molecule has 0 saturated heterocycles. The maximum atomic E-state index is 11.7. The van der Waals surface area contributed by atoms with Gasteiger partial charge in [-0.05, 0) is 24.3 Å². The minimum absolute atomic E-state index is 0.0528. The molecule has 0 fully saturated rings. The molecule has 2 aliphatic rings. The maximum absolute atomic E-state index is 11.7. The van der Waals surface area contributed by atoms with Crippen molar-refractivity contribution >= 4 is 11.8 Å². The second kappa shape index (κ2) is 3.89. The predicted octanol–water partition coefficient (Wildman–Crippen LogP) is 2.03. The molecule has 3 nitrogen and oxygen atoms in total. The lowest BCUT2D eigenvalue weighted by molar-refractivity contribution is -0.158. The summed E-state index contributed by atoms with van der Waals surface area (Å²) in [6, 6.07) is 0. The smallest absolute Gasteiger partial charge is 0.303 e. The van der Waals surface area contributed by atoms with Gasteiger partial charge >= 0.3 is 5.97 Å². The molecule has 0 aromatic carbocycles. The molecule has 0 heterocycles. The molecule has 0 amide bonds. The number of rotatable bonds is 1. The van der Waals surface area contributed by atoms with E-state index in [1.807, 2.05) is 6.08 Å². The minimum Gasteiger partial charge on any atom is -0.454 e. The van der Waals surface area contributed by atoms with Crippen molar-refractivity contribution in [3.63, 3.8) is 0 Å². The highest BCUT2D eigenvalue weighted by Gasteiger charge is 2.44. The van der Waals surface area contributed by atoms with Crippen molar-refractivity contribution in [2.75, 3.05) is 0 Å². The Morgan fingerprint density at radius 2 is 2.25 bits per heavy atom. The fraction of sp³-hybridized carbons (Fsp3) is 0.538. The van der Waals surface area contributed by atoms with Gasteiger partial charge in [0, 0.05) is 12.8 Å². The van der Waals surface area contributed by atoms with E-state index in [-0.39, 0.29) is 23.1 Å². The number of ketones is 1. The van der Waals surface area contributed by atoms with E-state index in [0.717, 1.165) is 12.8 Å². The lowest BCUT2D eigenvalue weighted by atomic mass is 9.64. The zero-order valence-corrected chi connectivity index (χ0v) is 9.60. The van der Waals surface area contributed by atoms with Gasteiger partial charge in [-0.3, -0.25) is 9.59 Å². The number of allylic oxidation sites excluding steroid dienone is 3. The van der Waals surface area contributed by atoms with E-state index in [4.69, 9.17) is 4.74 Å². The third kappa shape index (κ3) is 1.82. The number of carbonyl (C=O) groups is 2. The van der Waals surface area contributed by atoms with E-state index in [1.54, 1.807) is 6.08 Å². The first kappa shape index (κ1) is 11.1. The van der Waals surface area contributed by atoms with Crippen LogP contribution in [0.3, 0.4) is 0 Å². The number of hydrogen-bond donors (Lipinski definition) is 0. The first-order valence-corrected chi connectivity index (χ1v) is 5.58. The maximum Gasteiger partial charge on any atom is 0.303 e. The molecular weight excluding hydrogens is 204 g/mol. The fourth-order valence-electron chi connectivity index (χ4n) is 2.55. The summed E-state index contributed by atoms with van der Waals surface area (Å²) < 4.78 is 5.16. The zero-order valence-electron chi connectivity index (χ0n) is 9.60. The number of esters is 1. The van der Waals surface area contributed by atoms with Crippen molar-refractivity contribution in [1.82, 2.24) is 0 Å². The summed E-state index contributed by atoms with van der Waals surface area (Å²) in [7, 11) is 0. The van der Waals surface area contributed by atoms with Crippen molar-refractivity contribution in [2.45, 2.75) is 32.8 Å². The third-order valence-corrected chi connectivity index (χ3v) is 3.53. The molecule has 3 heteroatoms. The van der Waals surface area contributed by atoms with Crippen molar-refractivity contribution in [3.05, 3.63) is 24.3 Å². The second-order valence-corrected chi connectivity index (χ2v) is 4.79. The molecule has 3 atom stereocenters. The van der Waals surface area contributed by atoms with Crippen LogP contribution < -0.4 is 0 Å². The summed E-state index contributed by atoms with van der Waals surface area (Å²) in [5.74, 6) is -0.391. The number of carbonyl (C=O) groups excluding carboxylic acids is 2. The molecule has 2 aliphatic carbocycles. The third-order valence-electron chi connectivity index (χ3n) is 3.53. The summed E-state index contributed by atoms with van der Waals surface area (Å²) in [5, 5.41) is 0. The van der Waals surface area contributed by atoms with E-state index >= 15 is 0 Å². The number of fused-ring (bicyclic) bond motifs is 1. The molecule has 0 spiro atoms. The van der Waals surface area contributed by atoms with Gasteiger partial charge in [-0.2, -0.15) is 0 Å². The van der Waals surface area contributed by atoms with Gasteiger partial charge in [0.2, 0.25) is 0 Å². The van der Waals surface area contributed by atoms with Crippen LogP contribution in [0.2, 0.25) is 0 Å². The Bertz CT molecular complexity index is 381. The van der Waals surface area contributed by atoms with Gasteiger partial charge in [-0.1, -0.05) is 25.2 Å². The van der Waals surface area contributed by atoms with Gasteiger partial charge in [0.05, 0.1) is 0 Å². The van der Waals surface area contributed by atoms with Crippen LogP contribution in [0.1, 0.15) is 26.7 Å². The molecule has 0 unspecified atom stereocenters. The molecule has 0 saturated carbocycles. The van der Waals surface area contributed by atoms with E-state index < -0.39 is 6.10 Å². The van der Waals surface area contributed by atoms with Crippen molar-refractivity contribution in [3.8, 4) is 0 Å². The van der Waals surface area contributed by atoms with Crippen molar-refractivity contribution in [2.24, 2.45) is 11.3 Å². The van der Waals surface area contributed by atoms with E-state index in [1.165, 1.54) is 6.92 Å². The highest BCUT2D eigenvalue weighted by Crippen LogP contribution is 2.44. The van der Waals surface area contributed by atoms with Crippen LogP contribution in [0.4, 0.5) is 0 Å². The van der Waals surface area contributed by atoms with Gasteiger partial charge in [-0.25, -0.2) is 0 Å². The Kier molecular flexibility index (Phi) is 2.70. The number of hydrogen-bond acceptors (Lipinski definition) is 3. The van der Waals surface area contributed by atoms with Crippen LogP contribution in [0.15, 0.2) is 24.3 Å². The van der Waals surface area contributed by atoms with E-state index in [0.29, 0.717) is 0 Å². The number of ether oxygens (including phenoxy) is 1. The molecule has 0 aliphatic heterocycles. The highest BCUT2D eigenvalue weighted by molar-refractivity contribution is 5.96. The quantitative estimate of drug-likeness (QED) is 0.501. The van der Waals surface area contributed by atoms with Crippen LogP contribution in [-0.2, 0) is 14.3 Å². The average molecular weight is 220 g/mol. The van der Waals surface area contributed by atoms with Crippen molar-refractivity contribution in [1.29, 1.82) is 0 Å². The topological polar surface area (TPSA) is 43.4 Å². The summed E-state index contributed by atoms with van der Waals surface area (Å²) >= 11 is 0. The Morgan fingerprint density at radius 1 is 1.50 bits per heavy atom. The lowest BCUT2D eigenvalue weighted by Crippen LogP contribution is -2.45. The van der Waals surface area contributed by atoms with Gasteiger partial charge in [0.15, 0.2) is 11.9 Å². The summed E-state index contributed by atoms with van der Waals surface area (Å²) in [6.07, 6.45) is 8.81. The van der Waals surface area contributed by atoms with Crippen LogP contribution >= 0.6 is 0 Å². The molecule has 0 N–H and O–H groups in total. The van der Waals surface area contributed by atoms with Gasteiger partial charge < -0.3 is 4.74 Å². The first-order valence-electron chi connectivity index (χ1n) is 5.58. The van der Waals surface area contributed by atoms with Gasteiger partial charge in [0.25, 0.3) is 0 Å². The summed E-state index contributed by atoms with van der Waals surface area (Å²) in [6.45, 7) is 3.46. The SMILES string of the molecule is CC(=O)O[C@H]1C(=O)C=C[C@@]2(C)CC=CC[C@H]12. The Morgan fingerprint density at radius 3 is 2.94 bits per heavy atom. The van der Waals surface area contributed by atoms with E-state index in [2.05, 4.69) is 19.1 Å². The monoisotopic (exact) mass is 220 g/mol. The Hall–Kier alpha value is -1.38. The molecule has 86 valence electrons. The molecule has 16 heavy (non-hydrogen) atoms. The molecule has 0 aromatic heterocycles. The Labute approximate surface area is 95.2 Å². The highest BCUT2D eigenvalue weighted by atomic mass is 16.5. The molecule has 0 radical (unpaired) electrons. The first-order chi connectivity index (χ1) is 7.53. The van der Waals surface area contributed by atoms with E-state index in [9.17, 15) is 9.59 Å². The fourth-order valence-corrected chi connectivity index (χ4v) is 2.55. The zero-order chi connectivity index (χ0) is 11.8. The molecular formula is C13H16O3. The van der Waals surface area contributed by atoms with Crippen LogP contribution in [-0.4, -0.2) is 17.9 Å². The van der Waals surface area contributed by atoms with Gasteiger partial charge in [-0.15, -0.1) is 0 Å². The average Bonchev–Trinajstić information content (AvgIpc) is 2.22. The summed E-state index contributed by atoms with van der Waals surface area (Å²) in [5.41, 5.74) is -0.0528.